The summed E-state index contributed by atoms with van der Waals surface area (Å²) in [6, 6.07) is 0. The fourth-order valence-electron chi connectivity index (χ4n) is 9.38. The number of ether oxygens (including phenoxy) is 3. The molecule has 0 saturated heterocycles. The summed E-state index contributed by atoms with van der Waals surface area (Å²) in [6.45, 7) is 6.70. The van der Waals surface area contributed by atoms with Crippen molar-refractivity contribution in [3.8, 4) is 0 Å². The number of esters is 3. The Morgan fingerprint density at radius 3 is 0.735 bits per heavy atom. The van der Waals surface area contributed by atoms with Gasteiger partial charge in [0.25, 0.3) is 0 Å². The van der Waals surface area contributed by atoms with Crippen molar-refractivity contribution in [2.45, 2.75) is 354 Å². The van der Waals surface area contributed by atoms with Crippen molar-refractivity contribution in [3.05, 3.63) is 12.2 Å². The molecule has 6 heteroatoms. The van der Waals surface area contributed by atoms with Crippen LogP contribution in [0.25, 0.3) is 0 Å². The molecule has 0 aromatic carbocycles. The van der Waals surface area contributed by atoms with Gasteiger partial charge in [-0.25, -0.2) is 0 Å². The summed E-state index contributed by atoms with van der Waals surface area (Å²) >= 11 is 0. The Bertz CT molecular complexity index is 1060. The van der Waals surface area contributed by atoms with Gasteiger partial charge in [-0.2, -0.15) is 0 Å². The predicted octanol–water partition coefficient (Wildman–Crippen LogP) is 20.5. The van der Waals surface area contributed by atoms with Crippen LogP contribution in [-0.4, -0.2) is 37.2 Å². The van der Waals surface area contributed by atoms with Crippen molar-refractivity contribution in [2.24, 2.45) is 0 Å². The van der Waals surface area contributed by atoms with E-state index in [-0.39, 0.29) is 31.1 Å². The van der Waals surface area contributed by atoms with Crippen LogP contribution in [0.15, 0.2) is 12.2 Å². The Morgan fingerprint density at radius 1 is 0.279 bits per heavy atom. The number of carbonyl (C=O) groups excluding carboxylic acids is 3. The van der Waals surface area contributed by atoms with Crippen molar-refractivity contribution in [2.75, 3.05) is 13.2 Å². The number of hydrogen-bond donors (Lipinski definition) is 0. The molecule has 0 aromatic heterocycles. The van der Waals surface area contributed by atoms with E-state index in [1.54, 1.807) is 0 Å². The van der Waals surface area contributed by atoms with Crippen molar-refractivity contribution < 1.29 is 28.6 Å². The molecule has 0 heterocycles. The summed E-state index contributed by atoms with van der Waals surface area (Å²) < 4.78 is 16.9. The average molecular weight is 960 g/mol. The molecule has 6 nitrogen and oxygen atoms in total. The Balaban J connectivity index is 4.26. The summed E-state index contributed by atoms with van der Waals surface area (Å²) in [4.78, 5) is 38.2. The van der Waals surface area contributed by atoms with Gasteiger partial charge >= 0.3 is 17.9 Å². The molecule has 0 bridgehead atoms. The monoisotopic (exact) mass is 959 g/mol. The van der Waals surface area contributed by atoms with E-state index in [2.05, 4.69) is 32.9 Å². The summed E-state index contributed by atoms with van der Waals surface area (Å²) in [5, 5.41) is 0. The molecule has 0 radical (unpaired) electrons. The summed E-state index contributed by atoms with van der Waals surface area (Å²) in [5.74, 6) is -0.837. The highest BCUT2D eigenvalue weighted by atomic mass is 16.6. The van der Waals surface area contributed by atoms with Crippen LogP contribution in [0, 0.1) is 0 Å². The third-order valence-corrected chi connectivity index (χ3v) is 14.0. The lowest BCUT2D eigenvalue weighted by atomic mass is 10.0. The maximum absolute atomic E-state index is 12.9. The van der Waals surface area contributed by atoms with Crippen LogP contribution in [0.2, 0.25) is 0 Å². The van der Waals surface area contributed by atoms with Gasteiger partial charge in [0, 0.05) is 19.3 Å². The Morgan fingerprint density at radius 2 is 0.485 bits per heavy atom. The number of carbonyl (C=O) groups is 3. The molecule has 0 amide bonds. The van der Waals surface area contributed by atoms with Crippen molar-refractivity contribution in [1.82, 2.24) is 0 Å². The second-order valence-corrected chi connectivity index (χ2v) is 21.0. The van der Waals surface area contributed by atoms with E-state index >= 15 is 0 Å². The minimum absolute atomic E-state index is 0.0637. The van der Waals surface area contributed by atoms with Gasteiger partial charge in [0.15, 0.2) is 6.10 Å². The Labute approximate surface area is 424 Å². The first-order valence-corrected chi connectivity index (χ1v) is 30.7. The predicted molar refractivity (Wildman–Crippen MR) is 293 cm³/mol. The fraction of sp³-hybridized carbons (Fsp3) is 0.919. The smallest absolute Gasteiger partial charge is 0.306 e. The second-order valence-electron chi connectivity index (χ2n) is 21.0. The lowest BCUT2D eigenvalue weighted by Crippen LogP contribution is -2.30. The van der Waals surface area contributed by atoms with Gasteiger partial charge in [0.2, 0.25) is 0 Å². The third kappa shape index (κ3) is 55.1. The van der Waals surface area contributed by atoms with Gasteiger partial charge in [-0.3, -0.25) is 14.4 Å². The van der Waals surface area contributed by atoms with Gasteiger partial charge in [0.05, 0.1) is 0 Å². The minimum atomic E-state index is -0.765. The summed E-state index contributed by atoms with van der Waals surface area (Å²) in [7, 11) is 0. The van der Waals surface area contributed by atoms with Crippen LogP contribution in [0.4, 0.5) is 0 Å². The van der Waals surface area contributed by atoms with Crippen LogP contribution in [0.1, 0.15) is 348 Å². The normalized spacial score (nSPS) is 12.0. The van der Waals surface area contributed by atoms with Crippen LogP contribution < -0.4 is 0 Å². The van der Waals surface area contributed by atoms with Gasteiger partial charge < -0.3 is 14.2 Å². The molecule has 68 heavy (non-hydrogen) atoms. The highest BCUT2D eigenvalue weighted by Gasteiger charge is 2.19. The zero-order valence-electron chi connectivity index (χ0n) is 46.2. The maximum Gasteiger partial charge on any atom is 0.306 e. The summed E-state index contributed by atoms with van der Waals surface area (Å²) in [5.41, 5.74) is 0. The molecule has 0 aliphatic rings. The molecule has 0 N–H and O–H groups in total. The lowest BCUT2D eigenvalue weighted by Gasteiger charge is -2.18. The number of allylic oxidation sites excluding steroid dienone is 2. The molecule has 402 valence electrons. The van der Waals surface area contributed by atoms with Crippen LogP contribution in [0.5, 0.6) is 0 Å². The molecular formula is C62H118O6. The quantitative estimate of drug-likeness (QED) is 0.0262. The van der Waals surface area contributed by atoms with Crippen LogP contribution >= 0.6 is 0 Å². The van der Waals surface area contributed by atoms with E-state index in [0.717, 1.165) is 57.8 Å². The van der Waals surface area contributed by atoms with E-state index in [0.29, 0.717) is 19.3 Å². The topological polar surface area (TPSA) is 78.9 Å². The Kier molecular flexibility index (Phi) is 56.2. The number of unbranched alkanes of at least 4 members (excludes halogenated alkanes) is 44. The maximum atomic E-state index is 12.9. The molecule has 0 unspecified atom stereocenters. The molecule has 0 rings (SSSR count). The molecule has 0 saturated carbocycles. The highest BCUT2D eigenvalue weighted by molar-refractivity contribution is 5.71. The minimum Gasteiger partial charge on any atom is -0.462 e. The molecule has 0 aromatic rings. The second kappa shape index (κ2) is 57.7. The molecule has 0 spiro atoms. The zero-order valence-corrected chi connectivity index (χ0v) is 46.2. The fourth-order valence-corrected chi connectivity index (χ4v) is 9.38. The first kappa shape index (κ1) is 66.2. The molecule has 0 aliphatic heterocycles. The van der Waals surface area contributed by atoms with Crippen molar-refractivity contribution in [3.63, 3.8) is 0 Å². The van der Waals surface area contributed by atoms with E-state index in [9.17, 15) is 14.4 Å². The summed E-state index contributed by atoms with van der Waals surface area (Å²) in [6.07, 6.45) is 66.4. The molecular weight excluding hydrogens is 841 g/mol. The largest absolute Gasteiger partial charge is 0.462 e. The highest BCUT2D eigenvalue weighted by Crippen LogP contribution is 2.18. The Hall–Kier alpha value is -1.85. The van der Waals surface area contributed by atoms with Crippen LogP contribution in [-0.2, 0) is 28.6 Å². The average Bonchev–Trinajstić information content (AvgIpc) is 3.34. The van der Waals surface area contributed by atoms with Crippen molar-refractivity contribution in [1.29, 1.82) is 0 Å². The van der Waals surface area contributed by atoms with Crippen LogP contribution in [0.3, 0.4) is 0 Å². The van der Waals surface area contributed by atoms with Gasteiger partial charge in [-0.15, -0.1) is 0 Å². The molecule has 0 aliphatic carbocycles. The number of rotatable bonds is 57. The third-order valence-electron chi connectivity index (χ3n) is 14.0. The van der Waals surface area contributed by atoms with E-state index in [4.69, 9.17) is 14.2 Å². The molecule has 0 fully saturated rings. The standard InChI is InChI=1S/C62H118O6/c1-4-7-10-13-16-19-22-25-27-29-30-31-32-34-36-38-41-44-47-50-53-56-62(65)68-59(57-66-60(63)54-51-48-45-42-39-24-21-18-15-12-9-6-3)58-67-61(64)55-52-49-46-43-40-37-35-33-28-26-23-20-17-14-11-8-5-2/h25,27,59H,4-24,26,28-58H2,1-3H3/b27-25-/t59-/m0/s1. The van der Waals surface area contributed by atoms with Gasteiger partial charge in [0.1, 0.15) is 13.2 Å². The van der Waals surface area contributed by atoms with Crippen molar-refractivity contribution >= 4 is 17.9 Å². The molecule has 1 atom stereocenters. The number of hydrogen-bond acceptors (Lipinski definition) is 6. The van der Waals surface area contributed by atoms with Gasteiger partial charge in [-0.05, 0) is 44.9 Å². The van der Waals surface area contributed by atoms with E-state index < -0.39 is 6.10 Å². The first-order valence-electron chi connectivity index (χ1n) is 30.7. The lowest BCUT2D eigenvalue weighted by molar-refractivity contribution is -0.167. The van der Waals surface area contributed by atoms with Gasteiger partial charge in [-0.1, -0.05) is 296 Å². The first-order chi connectivity index (χ1) is 33.5. The van der Waals surface area contributed by atoms with E-state index in [1.807, 2.05) is 0 Å². The SMILES string of the molecule is CCCCCCCC/C=C\CCCCCCCCCCCCCC(=O)O[C@@H](COC(=O)CCCCCCCCCCCCCC)COC(=O)CCCCCCCCCCCCCCCCCCC. The zero-order chi connectivity index (χ0) is 49.3. The van der Waals surface area contributed by atoms with E-state index in [1.165, 1.54) is 250 Å².